The molecule has 0 amide bonds. The Balaban J connectivity index is 1.60. The van der Waals surface area contributed by atoms with Crippen LogP contribution in [0.1, 0.15) is 35.1 Å². The first kappa shape index (κ1) is 15.6. The van der Waals surface area contributed by atoms with Crippen LogP contribution in [-0.4, -0.2) is 29.6 Å². The van der Waals surface area contributed by atoms with Gasteiger partial charge in [0, 0.05) is 17.7 Å². The molecule has 1 aliphatic heterocycles. The molecule has 0 bridgehead atoms. The van der Waals surface area contributed by atoms with Crippen molar-refractivity contribution in [3.05, 3.63) is 40.9 Å². The van der Waals surface area contributed by atoms with Crippen LogP contribution in [0.25, 0.3) is 10.2 Å². The fourth-order valence-electron chi connectivity index (χ4n) is 3.63. The number of hydrogen-bond acceptors (Lipinski definition) is 5. The largest absolute Gasteiger partial charge is 0.463 e. The van der Waals surface area contributed by atoms with E-state index in [0.717, 1.165) is 28.3 Å². The number of quaternary nitrogens is 1. The summed E-state index contributed by atoms with van der Waals surface area (Å²) in [5.41, 5.74) is 1.28. The summed E-state index contributed by atoms with van der Waals surface area (Å²) in [6, 6.07) is 4.40. The third-order valence-electron chi connectivity index (χ3n) is 5.06. The summed E-state index contributed by atoms with van der Waals surface area (Å²) < 4.78 is 5.72. The maximum atomic E-state index is 5.72. The van der Waals surface area contributed by atoms with E-state index < -0.39 is 0 Å². The van der Waals surface area contributed by atoms with Gasteiger partial charge in [0.25, 0.3) is 0 Å². The quantitative estimate of drug-likeness (QED) is 0.748. The topological polar surface area (TPSA) is 55.4 Å². The minimum atomic E-state index is 0.326. The minimum absolute atomic E-state index is 0.326. The van der Waals surface area contributed by atoms with Gasteiger partial charge in [-0.15, -0.1) is 11.3 Å². The van der Waals surface area contributed by atoms with Gasteiger partial charge in [-0.2, -0.15) is 0 Å². The third-order valence-corrected chi connectivity index (χ3v) is 6.18. The van der Waals surface area contributed by atoms with Crippen molar-refractivity contribution >= 4 is 27.4 Å². The monoisotopic (exact) mass is 343 g/mol. The number of hydrogen-bond donors (Lipinski definition) is 2. The van der Waals surface area contributed by atoms with E-state index in [-0.39, 0.29) is 0 Å². The van der Waals surface area contributed by atoms with Crippen molar-refractivity contribution in [1.29, 1.82) is 0 Å². The molecule has 24 heavy (non-hydrogen) atoms. The molecule has 0 saturated carbocycles. The lowest BCUT2D eigenvalue weighted by Crippen LogP contribution is -3.11. The van der Waals surface area contributed by atoms with Crippen LogP contribution < -0.4 is 10.2 Å². The van der Waals surface area contributed by atoms with Crippen molar-refractivity contribution in [2.45, 2.75) is 32.7 Å². The average Bonchev–Trinajstić information content (AvgIpc) is 3.32. The predicted molar refractivity (Wildman–Crippen MR) is 96.8 cm³/mol. The molecule has 126 valence electrons. The van der Waals surface area contributed by atoms with E-state index in [4.69, 9.17) is 4.42 Å². The molecule has 1 saturated heterocycles. The first-order valence-electron chi connectivity index (χ1n) is 8.56. The Bertz CT molecular complexity index is 821. The number of aryl methyl sites for hydroxylation is 2. The first-order valence-corrected chi connectivity index (χ1v) is 9.38. The summed E-state index contributed by atoms with van der Waals surface area (Å²) in [5, 5.41) is 4.74. The lowest BCUT2D eigenvalue weighted by Gasteiger charge is -2.23. The molecule has 0 unspecified atom stereocenters. The summed E-state index contributed by atoms with van der Waals surface area (Å²) >= 11 is 1.74. The van der Waals surface area contributed by atoms with Crippen LogP contribution in [-0.2, 0) is 0 Å². The Hall–Kier alpha value is -1.92. The van der Waals surface area contributed by atoms with E-state index in [2.05, 4.69) is 35.2 Å². The van der Waals surface area contributed by atoms with E-state index in [9.17, 15) is 0 Å². The number of likely N-dealkylation sites (tertiary alicyclic amines) is 1. The van der Waals surface area contributed by atoms with E-state index in [1.165, 1.54) is 36.4 Å². The molecule has 5 nitrogen and oxygen atoms in total. The van der Waals surface area contributed by atoms with E-state index in [1.807, 2.05) is 6.07 Å². The number of nitrogens with zero attached hydrogens (tertiary/aromatic N) is 2. The zero-order chi connectivity index (χ0) is 16.5. The average molecular weight is 343 g/mol. The number of rotatable bonds is 5. The zero-order valence-corrected chi connectivity index (χ0v) is 14.9. The van der Waals surface area contributed by atoms with E-state index in [0.29, 0.717) is 6.04 Å². The van der Waals surface area contributed by atoms with Gasteiger partial charge in [0.05, 0.1) is 31.3 Å². The van der Waals surface area contributed by atoms with Crippen LogP contribution in [0.4, 0.5) is 5.82 Å². The maximum absolute atomic E-state index is 5.72. The smallest absolute Gasteiger partial charge is 0.163 e. The summed E-state index contributed by atoms with van der Waals surface area (Å²) in [7, 11) is 0. The highest BCUT2D eigenvalue weighted by Gasteiger charge is 2.29. The van der Waals surface area contributed by atoms with Gasteiger partial charge in [0.2, 0.25) is 0 Å². The molecular formula is C18H23N4OS+. The van der Waals surface area contributed by atoms with Crippen LogP contribution in [0.3, 0.4) is 0 Å². The van der Waals surface area contributed by atoms with Crippen LogP contribution in [0.2, 0.25) is 0 Å². The molecule has 1 aliphatic rings. The number of furan rings is 1. The second-order valence-corrected chi connectivity index (χ2v) is 7.70. The number of thiophene rings is 1. The third kappa shape index (κ3) is 2.80. The van der Waals surface area contributed by atoms with Crippen molar-refractivity contribution in [2.75, 3.05) is 25.0 Å². The number of nitrogens with one attached hydrogen (secondary N) is 2. The molecule has 1 fully saturated rings. The van der Waals surface area contributed by atoms with Gasteiger partial charge in [-0.25, -0.2) is 9.97 Å². The molecule has 1 atom stereocenters. The Morgan fingerprint density at radius 3 is 2.88 bits per heavy atom. The zero-order valence-electron chi connectivity index (χ0n) is 14.1. The highest BCUT2D eigenvalue weighted by molar-refractivity contribution is 7.18. The summed E-state index contributed by atoms with van der Waals surface area (Å²) in [4.78, 5) is 12.9. The first-order chi connectivity index (χ1) is 11.7. The Kier molecular flexibility index (Phi) is 4.24. The SMILES string of the molecule is Cc1sc2ncnc(NC[C@H](c3ccco3)[NH+]3CCCC3)c2c1C. The summed E-state index contributed by atoms with van der Waals surface area (Å²) in [6.45, 7) is 7.54. The molecule has 3 aromatic heterocycles. The van der Waals surface area contributed by atoms with Gasteiger partial charge in [-0.3, -0.25) is 0 Å². The Morgan fingerprint density at radius 2 is 2.12 bits per heavy atom. The molecule has 6 heteroatoms. The molecule has 0 spiro atoms. The van der Waals surface area contributed by atoms with Gasteiger partial charge in [0.15, 0.2) is 11.8 Å². The standard InChI is InChI=1S/C18H22N4OS/c1-12-13(2)24-18-16(12)17(20-11-21-18)19-10-14(15-6-5-9-23-15)22-7-3-4-8-22/h5-6,9,11,14H,3-4,7-8,10H2,1-2H3,(H,19,20,21)/p+1/t14-/m1/s1. The molecule has 3 aromatic rings. The lowest BCUT2D eigenvalue weighted by atomic mass is 10.1. The highest BCUT2D eigenvalue weighted by Crippen LogP contribution is 2.32. The molecular weight excluding hydrogens is 320 g/mol. The highest BCUT2D eigenvalue weighted by atomic mass is 32.1. The molecule has 4 rings (SSSR count). The summed E-state index contributed by atoms with van der Waals surface area (Å²) in [6.07, 6.45) is 6.03. The van der Waals surface area contributed by atoms with Crippen molar-refractivity contribution in [2.24, 2.45) is 0 Å². The van der Waals surface area contributed by atoms with E-state index in [1.54, 1.807) is 28.8 Å². The van der Waals surface area contributed by atoms with Crippen LogP contribution in [0.15, 0.2) is 29.1 Å². The summed E-state index contributed by atoms with van der Waals surface area (Å²) in [5.74, 6) is 2.00. The van der Waals surface area contributed by atoms with Crippen molar-refractivity contribution < 1.29 is 9.32 Å². The number of aromatic nitrogens is 2. The molecule has 2 N–H and O–H groups in total. The van der Waals surface area contributed by atoms with Gasteiger partial charge in [-0.1, -0.05) is 0 Å². The van der Waals surface area contributed by atoms with Gasteiger partial charge >= 0.3 is 0 Å². The van der Waals surface area contributed by atoms with Gasteiger partial charge in [-0.05, 0) is 31.5 Å². The van der Waals surface area contributed by atoms with E-state index >= 15 is 0 Å². The molecule has 0 aliphatic carbocycles. The predicted octanol–water partition coefficient (Wildman–Crippen LogP) is 2.73. The maximum Gasteiger partial charge on any atom is 0.163 e. The fourth-order valence-corrected chi connectivity index (χ4v) is 4.63. The number of anilines is 1. The van der Waals surface area contributed by atoms with Gasteiger partial charge < -0.3 is 14.6 Å². The lowest BCUT2D eigenvalue weighted by molar-refractivity contribution is -0.919. The van der Waals surface area contributed by atoms with Gasteiger partial charge in [0.1, 0.15) is 17.0 Å². The molecule has 0 radical (unpaired) electrons. The molecule has 0 aromatic carbocycles. The van der Waals surface area contributed by atoms with Crippen LogP contribution in [0.5, 0.6) is 0 Å². The van der Waals surface area contributed by atoms with Crippen LogP contribution in [0, 0.1) is 13.8 Å². The fraction of sp³-hybridized carbons (Fsp3) is 0.444. The Labute approximate surface area is 145 Å². The van der Waals surface area contributed by atoms with Crippen molar-refractivity contribution in [3.8, 4) is 0 Å². The van der Waals surface area contributed by atoms with Crippen LogP contribution >= 0.6 is 11.3 Å². The normalized spacial score (nSPS) is 16.8. The van der Waals surface area contributed by atoms with Crippen molar-refractivity contribution in [1.82, 2.24) is 9.97 Å². The second-order valence-electron chi connectivity index (χ2n) is 6.50. The molecule has 4 heterocycles. The minimum Gasteiger partial charge on any atom is -0.463 e. The number of fused-ring (bicyclic) bond motifs is 1. The Morgan fingerprint density at radius 1 is 1.29 bits per heavy atom. The second kappa shape index (κ2) is 6.53. The van der Waals surface area contributed by atoms with Crippen molar-refractivity contribution in [3.63, 3.8) is 0 Å².